The van der Waals surface area contributed by atoms with Crippen molar-refractivity contribution in [1.29, 1.82) is 0 Å². The average Bonchev–Trinajstić information content (AvgIpc) is 3.51. The van der Waals surface area contributed by atoms with Gasteiger partial charge >= 0.3 is 0 Å². The van der Waals surface area contributed by atoms with Crippen molar-refractivity contribution in [2.45, 2.75) is 27.7 Å². The molecule has 0 saturated carbocycles. The third kappa shape index (κ3) is 3.25. The van der Waals surface area contributed by atoms with Gasteiger partial charge in [0.15, 0.2) is 11.5 Å². The Morgan fingerprint density at radius 2 is 1.91 bits per heavy atom. The van der Waals surface area contributed by atoms with Crippen molar-refractivity contribution in [3.8, 4) is 22.8 Å². The van der Waals surface area contributed by atoms with Crippen molar-refractivity contribution in [2.75, 3.05) is 13.1 Å². The molecule has 0 spiro atoms. The number of H-pyrrole nitrogens is 1. The maximum absolute atomic E-state index is 13.0. The highest BCUT2D eigenvalue weighted by atomic mass is 32.1. The molecule has 9 heteroatoms. The summed E-state index contributed by atoms with van der Waals surface area (Å²) in [5.74, 6) is 0.567. The second-order valence-corrected chi connectivity index (χ2v) is 8.69. The van der Waals surface area contributed by atoms with Gasteiger partial charge in [-0.05, 0) is 39.3 Å². The number of fused-ring (bicyclic) bond motifs is 3. The first kappa shape index (κ1) is 20.3. The number of carbonyl (C=O) groups excluding carboxylic acids is 1. The quantitative estimate of drug-likeness (QED) is 0.430. The fourth-order valence-corrected chi connectivity index (χ4v) is 4.93. The summed E-state index contributed by atoms with van der Waals surface area (Å²) in [7, 11) is 0. The molecule has 0 aliphatic heterocycles. The van der Waals surface area contributed by atoms with Crippen LogP contribution in [0, 0.1) is 13.8 Å². The second kappa shape index (κ2) is 7.83. The van der Waals surface area contributed by atoms with Gasteiger partial charge in [-0.2, -0.15) is 5.10 Å². The van der Waals surface area contributed by atoms with Crippen LogP contribution in [0.15, 0.2) is 36.7 Å². The van der Waals surface area contributed by atoms with Crippen LogP contribution in [-0.4, -0.2) is 53.7 Å². The van der Waals surface area contributed by atoms with E-state index in [1.165, 1.54) is 16.9 Å². The molecule has 32 heavy (non-hydrogen) atoms. The smallest absolute Gasteiger partial charge is 0.264 e. The zero-order valence-electron chi connectivity index (χ0n) is 18.4. The first-order valence-corrected chi connectivity index (χ1v) is 11.4. The Morgan fingerprint density at radius 3 is 2.62 bits per heavy atom. The third-order valence-corrected chi connectivity index (χ3v) is 6.87. The predicted molar refractivity (Wildman–Crippen MR) is 126 cm³/mol. The Morgan fingerprint density at radius 1 is 1.16 bits per heavy atom. The zero-order chi connectivity index (χ0) is 22.4. The molecule has 1 amide bonds. The lowest BCUT2D eigenvalue weighted by Gasteiger charge is -2.17. The number of hydrogen-bond acceptors (Lipinski definition) is 6. The van der Waals surface area contributed by atoms with Crippen LogP contribution >= 0.6 is 11.3 Å². The van der Waals surface area contributed by atoms with Crippen molar-refractivity contribution in [1.82, 2.24) is 34.7 Å². The summed E-state index contributed by atoms with van der Waals surface area (Å²) < 4.78 is 1.66. The van der Waals surface area contributed by atoms with Crippen LogP contribution in [0.2, 0.25) is 0 Å². The number of carbonyl (C=O) groups is 1. The van der Waals surface area contributed by atoms with Gasteiger partial charge in [-0.3, -0.25) is 9.89 Å². The summed E-state index contributed by atoms with van der Waals surface area (Å²) in [5, 5.41) is 12.9. The van der Waals surface area contributed by atoms with Gasteiger partial charge in [-0.15, -0.1) is 16.4 Å². The zero-order valence-corrected chi connectivity index (χ0v) is 19.2. The standard InChI is InChI=1S/C23H23N7OS/c1-5-29(6-2)23(31)19-14(4)18-21-25-20(28-30(21)12-24-22(18)32-19)17-11-16(26-27-17)15-9-7-13(3)8-10-15/h7-12H,5-6H2,1-4H3,(H,26,27). The van der Waals surface area contributed by atoms with E-state index < -0.39 is 0 Å². The monoisotopic (exact) mass is 445 g/mol. The largest absolute Gasteiger partial charge is 0.338 e. The van der Waals surface area contributed by atoms with E-state index in [4.69, 9.17) is 4.98 Å². The lowest BCUT2D eigenvalue weighted by Crippen LogP contribution is -2.30. The van der Waals surface area contributed by atoms with Crippen molar-refractivity contribution in [2.24, 2.45) is 0 Å². The highest BCUT2D eigenvalue weighted by Gasteiger charge is 2.23. The van der Waals surface area contributed by atoms with Crippen LogP contribution in [0.3, 0.4) is 0 Å². The van der Waals surface area contributed by atoms with Crippen LogP contribution in [0.4, 0.5) is 0 Å². The molecule has 5 rings (SSSR count). The number of benzene rings is 1. The first-order chi connectivity index (χ1) is 15.5. The highest BCUT2D eigenvalue weighted by molar-refractivity contribution is 7.20. The number of nitrogens with one attached hydrogen (secondary N) is 1. The minimum absolute atomic E-state index is 0.0321. The van der Waals surface area contributed by atoms with E-state index in [1.54, 1.807) is 10.8 Å². The minimum Gasteiger partial charge on any atom is -0.338 e. The topological polar surface area (TPSA) is 92.1 Å². The number of rotatable bonds is 5. The summed E-state index contributed by atoms with van der Waals surface area (Å²) in [4.78, 5) is 25.6. The average molecular weight is 446 g/mol. The molecule has 162 valence electrons. The van der Waals surface area contributed by atoms with Crippen molar-refractivity contribution < 1.29 is 4.79 Å². The summed E-state index contributed by atoms with van der Waals surface area (Å²) in [5.41, 5.74) is 5.37. The van der Waals surface area contributed by atoms with Crippen LogP contribution in [-0.2, 0) is 0 Å². The van der Waals surface area contributed by atoms with Crippen LogP contribution in [0.1, 0.15) is 34.6 Å². The van der Waals surface area contributed by atoms with Crippen molar-refractivity contribution in [3.63, 3.8) is 0 Å². The molecule has 1 aromatic carbocycles. The second-order valence-electron chi connectivity index (χ2n) is 7.69. The fourth-order valence-electron chi connectivity index (χ4n) is 3.81. The number of aromatic nitrogens is 6. The van der Waals surface area contributed by atoms with Gasteiger partial charge in [0, 0.05) is 18.7 Å². The molecule has 1 N–H and O–H groups in total. The number of thiophene rings is 1. The normalized spacial score (nSPS) is 11.5. The molecule has 4 aromatic heterocycles. The van der Waals surface area contributed by atoms with Gasteiger partial charge in [0.05, 0.1) is 16.0 Å². The van der Waals surface area contributed by atoms with E-state index in [1.807, 2.05) is 43.9 Å². The number of amides is 1. The molecule has 0 fully saturated rings. The van der Waals surface area contributed by atoms with Crippen LogP contribution < -0.4 is 0 Å². The molecule has 8 nitrogen and oxygen atoms in total. The van der Waals surface area contributed by atoms with E-state index in [0.717, 1.165) is 32.7 Å². The Hall–Kier alpha value is -3.59. The number of hydrogen-bond donors (Lipinski definition) is 1. The summed E-state index contributed by atoms with van der Waals surface area (Å²) in [6, 6.07) is 10.2. The molecule has 0 unspecified atom stereocenters. The maximum Gasteiger partial charge on any atom is 0.264 e. The van der Waals surface area contributed by atoms with Crippen molar-refractivity contribution in [3.05, 3.63) is 52.7 Å². The maximum atomic E-state index is 13.0. The van der Waals surface area contributed by atoms with Gasteiger partial charge in [-0.25, -0.2) is 14.5 Å². The molecule has 0 aliphatic rings. The van der Waals surface area contributed by atoms with Gasteiger partial charge in [0.25, 0.3) is 5.91 Å². The molecule has 0 saturated heterocycles. The molecule has 5 aromatic rings. The third-order valence-electron chi connectivity index (χ3n) is 5.68. The van der Waals surface area contributed by atoms with E-state index in [0.29, 0.717) is 29.4 Å². The Bertz CT molecular complexity index is 1440. The van der Waals surface area contributed by atoms with E-state index in [-0.39, 0.29) is 5.91 Å². The Balaban J connectivity index is 1.58. The van der Waals surface area contributed by atoms with Crippen LogP contribution in [0.5, 0.6) is 0 Å². The summed E-state index contributed by atoms with van der Waals surface area (Å²) in [6.07, 6.45) is 1.65. The molecule has 4 heterocycles. The van der Waals surface area contributed by atoms with Gasteiger partial charge in [-0.1, -0.05) is 29.8 Å². The lowest BCUT2D eigenvalue weighted by atomic mass is 10.1. The SMILES string of the molecule is CCN(CC)C(=O)c1sc2ncn3nc(-c4cc(-c5ccc(C)cc5)n[nH]4)nc3c2c1C. The van der Waals surface area contributed by atoms with Crippen LogP contribution in [0.25, 0.3) is 38.6 Å². The molecule has 0 radical (unpaired) electrons. The number of aryl methyl sites for hydroxylation is 2. The predicted octanol–water partition coefficient (Wildman–Crippen LogP) is 4.49. The molecule has 0 bridgehead atoms. The van der Waals surface area contributed by atoms with E-state index in [9.17, 15) is 4.79 Å². The summed E-state index contributed by atoms with van der Waals surface area (Å²) >= 11 is 1.41. The van der Waals surface area contributed by atoms with Crippen molar-refractivity contribution >= 4 is 33.1 Å². The van der Waals surface area contributed by atoms with Gasteiger partial charge in [0.1, 0.15) is 16.9 Å². The molecule has 0 atom stereocenters. The minimum atomic E-state index is 0.0321. The molecule has 0 aliphatic carbocycles. The first-order valence-electron chi connectivity index (χ1n) is 10.6. The number of nitrogens with zero attached hydrogens (tertiary/aromatic N) is 6. The molecular formula is C23H23N7OS. The Kier molecular flexibility index (Phi) is 4.97. The Labute approximate surface area is 188 Å². The summed E-state index contributed by atoms with van der Waals surface area (Å²) in [6.45, 7) is 9.33. The van der Waals surface area contributed by atoms with Gasteiger partial charge < -0.3 is 4.90 Å². The van der Waals surface area contributed by atoms with Gasteiger partial charge in [0.2, 0.25) is 0 Å². The van der Waals surface area contributed by atoms with E-state index in [2.05, 4.69) is 39.3 Å². The molecular weight excluding hydrogens is 422 g/mol. The fraction of sp³-hybridized carbons (Fsp3) is 0.261. The number of aromatic amines is 1. The lowest BCUT2D eigenvalue weighted by molar-refractivity contribution is 0.0777. The van der Waals surface area contributed by atoms with E-state index >= 15 is 0 Å². The highest BCUT2D eigenvalue weighted by Crippen LogP contribution is 2.33.